The van der Waals surface area contributed by atoms with Gasteiger partial charge < -0.3 is 15.0 Å². The molecule has 2 heterocycles. The standard InChI is InChI=1S/C10H12N4O2S/c1-6(9-12-3-4-17-9)14-5-13-7(8(14)11)10(15)16-2/h3-6H,11H2,1-2H3. The molecule has 0 bridgehead atoms. The molecule has 0 aliphatic heterocycles. The second-order valence-corrected chi connectivity index (χ2v) is 4.35. The number of nitrogen functional groups attached to an aromatic ring is 1. The summed E-state index contributed by atoms with van der Waals surface area (Å²) in [5.41, 5.74) is 6.00. The third-order valence-electron chi connectivity index (χ3n) is 2.44. The highest BCUT2D eigenvalue weighted by Gasteiger charge is 2.20. The molecule has 1 unspecified atom stereocenters. The van der Waals surface area contributed by atoms with E-state index in [-0.39, 0.29) is 11.7 Å². The smallest absolute Gasteiger partial charge is 0.360 e. The number of imidazole rings is 1. The van der Waals surface area contributed by atoms with Crippen molar-refractivity contribution in [3.05, 3.63) is 28.6 Å². The summed E-state index contributed by atoms with van der Waals surface area (Å²) in [5.74, 6) is -0.243. The molecule has 1 atom stereocenters. The molecule has 0 radical (unpaired) electrons. The van der Waals surface area contributed by atoms with Crippen molar-refractivity contribution in [2.45, 2.75) is 13.0 Å². The van der Waals surface area contributed by atoms with Crippen molar-refractivity contribution in [2.75, 3.05) is 12.8 Å². The van der Waals surface area contributed by atoms with Crippen LogP contribution in [-0.2, 0) is 4.74 Å². The Kier molecular flexibility index (Phi) is 3.10. The molecule has 2 aromatic heterocycles. The predicted octanol–water partition coefficient (Wildman–Crippen LogP) is 1.32. The Morgan fingerprint density at radius 3 is 2.94 bits per heavy atom. The van der Waals surface area contributed by atoms with Gasteiger partial charge in [-0.05, 0) is 6.92 Å². The summed E-state index contributed by atoms with van der Waals surface area (Å²) < 4.78 is 6.29. The van der Waals surface area contributed by atoms with E-state index in [0.717, 1.165) is 5.01 Å². The lowest BCUT2D eigenvalue weighted by Crippen LogP contribution is -2.11. The van der Waals surface area contributed by atoms with Crippen molar-refractivity contribution in [1.82, 2.24) is 14.5 Å². The number of hydrogen-bond donors (Lipinski definition) is 1. The first-order valence-corrected chi connectivity index (χ1v) is 5.83. The Hall–Kier alpha value is -1.89. The van der Waals surface area contributed by atoms with E-state index in [0.29, 0.717) is 5.82 Å². The van der Waals surface area contributed by atoms with E-state index in [4.69, 9.17) is 5.73 Å². The molecular weight excluding hydrogens is 240 g/mol. The van der Waals surface area contributed by atoms with E-state index in [1.54, 1.807) is 10.8 Å². The fourth-order valence-electron chi connectivity index (χ4n) is 1.49. The molecular formula is C10H12N4O2S. The zero-order chi connectivity index (χ0) is 12.4. The van der Waals surface area contributed by atoms with Crippen LogP contribution in [0.5, 0.6) is 0 Å². The summed E-state index contributed by atoms with van der Waals surface area (Å²) in [6.45, 7) is 1.94. The normalized spacial score (nSPS) is 12.4. The molecule has 90 valence electrons. The third-order valence-corrected chi connectivity index (χ3v) is 3.38. The quantitative estimate of drug-likeness (QED) is 0.833. The van der Waals surface area contributed by atoms with Crippen LogP contribution in [0, 0.1) is 0 Å². The number of ether oxygens (including phenoxy) is 1. The van der Waals surface area contributed by atoms with Gasteiger partial charge in [0.1, 0.15) is 10.8 Å². The van der Waals surface area contributed by atoms with Gasteiger partial charge in [0.25, 0.3) is 0 Å². The monoisotopic (exact) mass is 252 g/mol. The second kappa shape index (κ2) is 4.54. The minimum Gasteiger partial charge on any atom is -0.464 e. The number of nitrogens with zero attached hydrogens (tertiary/aromatic N) is 3. The van der Waals surface area contributed by atoms with Crippen molar-refractivity contribution in [1.29, 1.82) is 0 Å². The lowest BCUT2D eigenvalue weighted by molar-refractivity contribution is 0.0596. The Labute approximate surface area is 102 Å². The highest BCUT2D eigenvalue weighted by molar-refractivity contribution is 7.09. The molecule has 0 fully saturated rings. The van der Waals surface area contributed by atoms with E-state index in [2.05, 4.69) is 14.7 Å². The van der Waals surface area contributed by atoms with Crippen LogP contribution in [-0.4, -0.2) is 27.6 Å². The number of methoxy groups -OCH3 is 1. The Bertz CT molecular complexity index is 520. The molecule has 0 aliphatic rings. The summed E-state index contributed by atoms with van der Waals surface area (Å²) in [7, 11) is 1.30. The van der Waals surface area contributed by atoms with Gasteiger partial charge in [0, 0.05) is 11.6 Å². The highest BCUT2D eigenvalue weighted by Crippen LogP contribution is 2.24. The van der Waals surface area contributed by atoms with Crippen molar-refractivity contribution >= 4 is 23.1 Å². The SMILES string of the molecule is COC(=O)c1ncn(C(C)c2nccs2)c1N. The number of carbonyl (C=O) groups excluding carboxylic acids is 1. The highest BCUT2D eigenvalue weighted by atomic mass is 32.1. The average Bonchev–Trinajstić information content (AvgIpc) is 2.96. The van der Waals surface area contributed by atoms with Gasteiger partial charge in [0.2, 0.25) is 0 Å². The second-order valence-electron chi connectivity index (χ2n) is 3.42. The zero-order valence-electron chi connectivity index (χ0n) is 9.45. The molecule has 0 amide bonds. The van der Waals surface area contributed by atoms with Gasteiger partial charge in [-0.2, -0.15) is 0 Å². The minimum absolute atomic E-state index is 0.0547. The van der Waals surface area contributed by atoms with E-state index < -0.39 is 5.97 Å². The topological polar surface area (TPSA) is 83.0 Å². The maximum Gasteiger partial charge on any atom is 0.360 e. The van der Waals surface area contributed by atoms with E-state index >= 15 is 0 Å². The average molecular weight is 252 g/mol. The summed E-state index contributed by atoms with van der Waals surface area (Å²) in [6.07, 6.45) is 3.25. The zero-order valence-corrected chi connectivity index (χ0v) is 10.3. The summed E-state index contributed by atoms with van der Waals surface area (Å²) in [4.78, 5) is 19.5. The number of aromatic nitrogens is 3. The number of esters is 1. The maximum atomic E-state index is 11.4. The summed E-state index contributed by atoms with van der Waals surface area (Å²) >= 11 is 1.53. The molecule has 0 aliphatic carbocycles. The van der Waals surface area contributed by atoms with Gasteiger partial charge in [-0.25, -0.2) is 14.8 Å². The Morgan fingerprint density at radius 1 is 1.59 bits per heavy atom. The lowest BCUT2D eigenvalue weighted by atomic mass is 10.3. The number of rotatable bonds is 3. The predicted molar refractivity (Wildman–Crippen MR) is 63.9 cm³/mol. The molecule has 0 aromatic carbocycles. The van der Waals surface area contributed by atoms with Crippen molar-refractivity contribution < 1.29 is 9.53 Å². The molecule has 7 heteroatoms. The molecule has 0 spiro atoms. The van der Waals surface area contributed by atoms with Gasteiger partial charge >= 0.3 is 5.97 Å². The molecule has 2 N–H and O–H groups in total. The van der Waals surface area contributed by atoms with Crippen LogP contribution < -0.4 is 5.73 Å². The van der Waals surface area contributed by atoms with Crippen LogP contribution in [0.15, 0.2) is 17.9 Å². The Morgan fingerprint density at radius 2 is 2.35 bits per heavy atom. The summed E-state index contributed by atoms with van der Waals surface area (Å²) in [5, 5.41) is 2.80. The maximum absolute atomic E-state index is 11.4. The van der Waals surface area contributed by atoms with Crippen molar-refractivity contribution in [2.24, 2.45) is 0 Å². The van der Waals surface area contributed by atoms with Gasteiger partial charge in [0.15, 0.2) is 5.69 Å². The molecule has 2 rings (SSSR count). The third kappa shape index (κ3) is 2.01. The fraction of sp³-hybridized carbons (Fsp3) is 0.300. The molecule has 0 saturated carbocycles. The van der Waals surface area contributed by atoms with E-state index in [1.807, 2.05) is 12.3 Å². The number of thiazole rings is 1. The summed E-state index contributed by atoms with van der Waals surface area (Å²) in [6, 6.07) is -0.0547. The van der Waals surface area contributed by atoms with Crippen LogP contribution in [0.3, 0.4) is 0 Å². The van der Waals surface area contributed by atoms with Crippen LogP contribution >= 0.6 is 11.3 Å². The first-order chi connectivity index (χ1) is 8.15. The van der Waals surface area contributed by atoms with E-state index in [1.165, 1.54) is 24.8 Å². The Balaban J connectivity index is 2.34. The number of anilines is 1. The fourth-order valence-corrected chi connectivity index (χ4v) is 2.19. The van der Waals surface area contributed by atoms with E-state index in [9.17, 15) is 4.79 Å². The lowest BCUT2D eigenvalue weighted by Gasteiger charge is -2.11. The number of nitrogens with two attached hydrogens (primary N) is 1. The minimum atomic E-state index is -0.535. The molecule has 6 nitrogen and oxygen atoms in total. The van der Waals surface area contributed by atoms with Gasteiger partial charge in [-0.15, -0.1) is 11.3 Å². The van der Waals surface area contributed by atoms with Crippen LogP contribution in [0.25, 0.3) is 0 Å². The van der Waals surface area contributed by atoms with Crippen LogP contribution in [0.2, 0.25) is 0 Å². The first kappa shape index (κ1) is 11.6. The van der Waals surface area contributed by atoms with Gasteiger partial charge in [0.05, 0.1) is 19.5 Å². The molecule has 2 aromatic rings. The molecule has 0 saturated heterocycles. The number of carbonyl (C=O) groups is 1. The van der Waals surface area contributed by atoms with Crippen molar-refractivity contribution in [3.8, 4) is 0 Å². The molecule has 17 heavy (non-hydrogen) atoms. The largest absolute Gasteiger partial charge is 0.464 e. The van der Waals surface area contributed by atoms with Crippen molar-refractivity contribution in [3.63, 3.8) is 0 Å². The number of hydrogen-bond acceptors (Lipinski definition) is 6. The van der Waals surface area contributed by atoms with Gasteiger partial charge in [-0.3, -0.25) is 0 Å². The van der Waals surface area contributed by atoms with Crippen LogP contribution in [0.1, 0.15) is 28.5 Å². The first-order valence-electron chi connectivity index (χ1n) is 4.95. The van der Waals surface area contributed by atoms with Gasteiger partial charge in [-0.1, -0.05) is 0 Å². The van der Waals surface area contributed by atoms with Crippen LogP contribution in [0.4, 0.5) is 5.82 Å².